The van der Waals surface area contributed by atoms with Gasteiger partial charge in [-0.2, -0.15) is 18.3 Å². The molecule has 3 N–H and O–H groups in total. The normalized spacial score (nSPS) is 15.0. The molecule has 11 heteroatoms. The molecule has 0 aliphatic carbocycles. The molecule has 1 aliphatic rings. The van der Waals surface area contributed by atoms with E-state index < -0.39 is 23.4 Å². The molecule has 1 aliphatic heterocycles. The first kappa shape index (κ1) is 21.8. The van der Waals surface area contributed by atoms with E-state index in [1.54, 1.807) is 4.90 Å². The van der Waals surface area contributed by atoms with Crippen molar-refractivity contribution in [3.05, 3.63) is 59.2 Å². The molecular formula is C19H18F5N5S. The van der Waals surface area contributed by atoms with Gasteiger partial charge in [-0.1, -0.05) is 0 Å². The number of piperazine rings is 1. The molecule has 3 rings (SSSR count). The maximum atomic E-state index is 14.5. The second kappa shape index (κ2) is 8.82. The number of anilines is 2. The summed E-state index contributed by atoms with van der Waals surface area (Å²) < 4.78 is 66.9. The lowest BCUT2D eigenvalue weighted by Gasteiger charge is -2.37. The van der Waals surface area contributed by atoms with Crippen LogP contribution in [-0.2, 0) is 6.18 Å². The summed E-state index contributed by atoms with van der Waals surface area (Å²) in [5.41, 5.74) is 7.44. The van der Waals surface area contributed by atoms with Gasteiger partial charge < -0.3 is 15.5 Å². The fourth-order valence-corrected chi connectivity index (χ4v) is 3.18. The van der Waals surface area contributed by atoms with E-state index in [1.165, 1.54) is 12.1 Å². The Morgan fingerprint density at radius 1 is 1.00 bits per heavy atom. The monoisotopic (exact) mass is 443 g/mol. The second-order valence-electron chi connectivity index (χ2n) is 6.58. The minimum atomic E-state index is -4.39. The van der Waals surface area contributed by atoms with Gasteiger partial charge in [0.05, 0.1) is 17.5 Å². The molecule has 2 aromatic rings. The smallest absolute Gasteiger partial charge is 0.375 e. The molecule has 0 radical (unpaired) electrons. The lowest BCUT2D eigenvalue weighted by atomic mass is 10.1. The summed E-state index contributed by atoms with van der Waals surface area (Å²) in [6, 6.07) is 7.00. The van der Waals surface area contributed by atoms with Crippen LogP contribution < -0.4 is 21.0 Å². The van der Waals surface area contributed by atoms with Crippen LogP contribution in [-0.4, -0.2) is 37.5 Å². The summed E-state index contributed by atoms with van der Waals surface area (Å²) in [5, 5.41) is 3.51. The Bertz CT molecular complexity index is 938. The summed E-state index contributed by atoms with van der Waals surface area (Å²) in [6.07, 6.45) is -3.31. The summed E-state index contributed by atoms with van der Waals surface area (Å²) in [6.45, 7) is 1.67. The molecule has 1 saturated heterocycles. The van der Waals surface area contributed by atoms with Gasteiger partial charge >= 0.3 is 6.18 Å². The summed E-state index contributed by atoms with van der Waals surface area (Å²) in [7, 11) is 0. The van der Waals surface area contributed by atoms with Crippen LogP contribution in [0.3, 0.4) is 0 Å². The highest BCUT2D eigenvalue weighted by Gasteiger charge is 2.30. The lowest BCUT2D eigenvalue weighted by Crippen LogP contribution is -2.46. The first-order chi connectivity index (χ1) is 14.1. The van der Waals surface area contributed by atoms with Gasteiger partial charge in [-0.15, -0.1) is 0 Å². The lowest BCUT2D eigenvalue weighted by molar-refractivity contribution is -0.137. The standard InChI is InChI=1S/C19H18F5N5S/c20-15-10-17(16(21)9-12(15)11-26-27-18(25)30)29-7-5-28(6-8-29)14-3-1-13(2-4-14)19(22,23)24/h1-4,9-11H,5-8H2,(H3,25,27,30)/b26-11+. The number of hydrogen-bond acceptors (Lipinski definition) is 4. The molecule has 0 bridgehead atoms. The van der Waals surface area contributed by atoms with Crippen molar-refractivity contribution in [1.29, 1.82) is 0 Å². The Balaban J connectivity index is 1.66. The van der Waals surface area contributed by atoms with Crippen LogP contribution in [0, 0.1) is 11.6 Å². The third-order valence-corrected chi connectivity index (χ3v) is 4.72. The molecular weight excluding hydrogens is 425 g/mol. The molecule has 0 saturated carbocycles. The van der Waals surface area contributed by atoms with Gasteiger partial charge in [0.1, 0.15) is 11.6 Å². The highest BCUT2D eigenvalue weighted by molar-refractivity contribution is 7.80. The van der Waals surface area contributed by atoms with E-state index >= 15 is 0 Å². The summed E-state index contributed by atoms with van der Waals surface area (Å²) in [5.74, 6) is -1.28. The zero-order chi connectivity index (χ0) is 21.9. The van der Waals surface area contributed by atoms with Gasteiger partial charge in [-0.25, -0.2) is 8.78 Å². The third-order valence-electron chi connectivity index (χ3n) is 4.62. The minimum absolute atomic E-state index is 0.0663. The Morgan fingerprint density at radius 3 is 2.17 bits per heavy atom. The zero-order valence-electron chi connectivity index (χ0n) is 15.6. The molecule has 0 unspecified atom stereocenters. The van der Waals surface area contributed by atoms with Crippen molar-refractivity contribution < 1.29 is 22.0 Å². The van der Waals surface area contributed by atoms with Crippen molar-refractivity contribution >= 4 is 34.9 Å². The molecule has 0 atom stereocenters. The van der Waals surface area contributed by atoms with Gasteiger partial charge in [-0.3, -0.25) is 5.43 Å². The topological polar surface area (TPSA) is 56.9 Å². The number of nitrogens with zero attached hydrogens (tertiary/aromatic N) is 3. The number of hydrazone groups is 1. The maximum Gasteiger partial charge on any atom is 0.416 e. The summed E-state index contributed by atoms with van der Waals surface area (Å²) >= 11 is 4.57. The molecule has 30 heavy (non-hydrogen) atoms. The van der Waals surface area contributed by atoms with E-state index in [2.05, 4.69) is 22.7 Å². The average Bonchev–Trinajstić information content (AvgIpc) is 2.70. The zero-order valence-corrected chi connectivity index (χ0v) is 16.4. The number of rotatable bonds is 4. The van der Waals surface area contributed by atoms with E-state index in [0.29, 0.717) is 31.9 Å². The van der Waals surface area contributed by atoms with Gasteiger partial charge in [-0.05, 0) is 42.5 Å². The van der Waals surface area contributed by atoms with E-state index in [4.69, 9.17) is 5.73 Å². The van der Waals surface area contributed by atoms with E-state index in [9.17, 15) is 22.0 Å². The fraction of sp³-hybridized carbons (Fsp3) is 0.263. The van der Waals surface area contributed by atoms with Crippen LogP contribution in [0.1, 0.15) is 11.1 Å². The Kier molecular flexibility index (Phi) is 6.40. The number of alkyl halides is 3. The van der Waals surface area contributed by atoms with Crippen LogP contribution in [0.15, 0.2) is 41.5 Å². The van der Waals surface area contributed by atoms with E-state index in [1.807, 2.05) is 4.90 Å². The maximum absolute atomic E-state index is 14.5. The molecule has 160 valence electrons. The Labute approximate surface area is 174 Å². The fourth-order valence-electron chi connectivity index (χ4n) is 3.13. The quantitative estimate of drug-likeness (QED) is 0.328. The number of thiocarbonyl (C=S) groups is 1. The number of hydrogen-bond donors (Lipinski definition) is 2. The molecule has 0 spiro atoms. The summed E-state index contributed by atoms with van der Waals surface area (Å²) in [4.78, 5) is 3.58. The van der Waals surface area contributed by atoms with Gasteiger partial charge in [0.25, 0.3) is 0 Å². The first-order valence-electron chi connectivity index (χ1n) is 8.90. The van der Waals surface area contributed by atoms with E-state index in [-0.39, 0.29) is 16.4 Å². The predicted molar refractivity (Wildman–Crippen MR) is 110 cm³/mol. The number of nitrogens with one attached hydrogen (secondary N) is 1. The average molecular weight is 443 g/mol. The van der Waals surface area contributed by atoms with Crippen LogP contribution >= 0.6 is 12.2 Å². The Morgan fingerprint density at radius 2 is 1.60 bits per heavy atom. The third kappa shape index (κ3) is 5.15. The second-order valence-corrected chi connectivity index (χ2v) is 7.02. The molecule has 1 heterocycles. The van der Waals surface area contributed by atoms with Crippen LogP contribution in [0.2, 0.25) is 0 Å². The van der Waals surface area contributed by atoms with Crippen molar-refractivity contribution in [2.45, 2.75) is 6.18 Å². The number of benzene rings is 2. The van der Waals surface area contributed by atoms with Crippen molar-refractivity contribution in [3.63, 3.8) is 0 Å². The molecule has 5 nitrogen and oxygen atoms in total. The molecule has 2 aromatic carbocycles. The van der Waals surface area contributed by atoms with Crippen molar-refractivity contribution in [3.8, 4) is 0 Å². The first-order valence-corrected chi connectivity index (χ1v) is 9.30. The van der Waals surface area contributed by atoms with Crippen LogP contribution in [0.5, 0.6) is 0 Å². The predicted octanol–water partition coefficient (Wildman–Crippen LogP) is 3.48. The van der Waals surface area contributed by atoms with Crippen LogP contribution in [0.4, 0.5) is 33.3 Å². The van der Waals surface area contributed by atoms with E-state index in [0.717, 1.165) is 30.5 Å². The molecule has 1 fully saturated rings. The van der Waals surface area contributed by atoms with Crippen LogP contribution in [0.25, 0.3) is 0 Å². The Hall–Kier alpha value is -2.95. The number of nitrogens with two attached hydrogens (primary N) is 1. The largest absolute Gasteiger partial charge is 0.416 e. The van der Waals surface area contributed by atoms with Crippen molar-refractivity contribution in [2.24, 2.45) is 10.8 Å². The highest BCUT2D eigenvalue weighted by atomic mass is 32.1. The number of halogens is 5. The molecule has 0 aromatic heterocycles. The van der Waals surface area contributed by atoms with Gasteiger partial charge in [0.15, 0.2) is 5.11 Å². The van der Waals surface area contributed by atoms with Gasteiger partial charge in [0.2, 0.25) is 0 Å². The van der Waals surface area contributed by atoms with Crippen molar-refractivity contribution in [1.82, 2.24) is 5.43 Å². The van der Waals surface area contributed by atoms with Crippen molar-refractivity contribution in [2.75, 3.05) is 36.0 Å². The van der Waals surface area contributed by atoms with Gasteiger partial charge in [0, 0.05) is 43.5 Å². The molecule has 0 amide bonds. The highest BCUT2D eigenvalue weighted by Crippen LogP contribution is 2.31. The SMILES string of the molecule is NC(=S)N/N=C/c1cc(F)c(N2CCN(c3ccc(C(F)(F)F)cc3)CC2)cc1F. The minimum Gasteiger partial charge on any atom is -0.375 e.